The molecule has 0 radical (unpaired) electrons. The quantitative estimate of drug-likeness (QED) is 0.379. The second-order valence-electron chi connectivity index (χ2n) is 9.87. The minimum absolute atomic E-state index is 0.0359. The number of ether oxygens (including phenoxy) is 1. The van der Waals surface area contributed by atoms with Crippen LogP contribution in [0, 0.1) is 0 Å². The van der Waals surface area contributed by atoms with Crippen LogP contribution in [0.3, 0.4) is 0 Å². The van der Waals surface area contributed by atoms with Crippen molar-refractivity contribution in [3.8, 4) is 0 Å². The van der Waals surface area contributed by atoms with E-state index < -0.39 is 58.6 Å². The van der Waals surface area contributed by atoms with Gasteiger partial charge in [-0.15, -0.1) is 0 Å². The molecule has 1 heterocycles. The van der Waals surface area contributed by atoms with Crippen LogP contribution in [0.15, 0.2) is 36.4 Å². The van der Waals surface area contributed by atoms with Crippen LogP contribution >= 0.6 is 23.2 Å². The van der Waals surface area contributed by atoms with E-state index in [0.29, 0.717) is 17.7 Å². The lowest BCUT2D eigenvalue weighted by molar-refractivity contribution is -0.143. The minimum Gasteiger partial charge on any atom is -0.444 e. The zero-order valence-corrected chi connectivity index (χ0v) is 21.9. The van der Waals surface area contributed by atoms with Crippen LogP contribution in [0.5, 0.6) is 0 Å². The van der Waals surface area contributed by atoms with Crippen molar-refractivity contribution in [1.82, 2.24) is 10.2 Å². The fourth-order valence-corrected chi connectivity index (χ4v) is 4.34. The molecule has 1 saturated heterocycles. The minimum atomic E-state index is -5.10. The van der Waals surface area contributed by atoms with Crippen LogP contribution in [-0.2, 0) is 17.1 Å². The predicted molar refractivity (Wildman–Crippen MR) is 129 cm³/mol. The third-order valence-corrected chi connectivity index (χ3v) is 6.54. The largest absolute Gasteiger partial charge is 0.444 e. The van der Waals surface area contributed by atoms with Gasteiger partial charge in [0.15, 0.2) is 0 Å². The lowest BCUT2D eigenvalue weighted by Crippen LogP contribution is -2.52. The molecule has 1 N–H and O–H groups in total. The molecule has 5 nitrogen and oxygen atoms in total. The molecule has 13 heteroatoms. The van der Waals surface area contributed by atoms with Crippen LogP contribution < -0.4 is 5.32 Å². The van der Waals surface area contributed by atoms with E-state index in [4.69, 9.17) is 27.9 Å². The Hall–Kier alpha value is -2.66. The number of carbonyl (C=O) groups excluding carboxylic acids is 2. The summed E-state index contributed by atoms with van der Waals surface area (Å²) in [7, 11) is 0. The van der Waals surface area contributed by atoms with Crippen molar-refractivity contribution in [2.75, 3.05) is 13.1 Å². The number of likely N-dealkylation sites (tertiary alicyclic amines) is 1. The van der Waals surface area contributed by atoms with Crippen molar-refractivity contribution in [2.24, 2.45) is 0 Å². The molecule has 0 aromatic heterocycles. The van der Waals surface area contributed by atoms with Crippen molar-refractivity contribution < 1.29 is 40.7 Å². The second-order valence-corrected chi connectivity index (χ2v) is 10.7. The van der Waals surface area contributed by atoms with E-state index in [9.17, 15) is 35.9 Å². The molecule has 3 rings (SSSR count). The van der Waals surface area contributed by atoms with Gasteiger partial charge < -0.3 is 15.0 Å². The van der Waals surface area contributed by atoms with Gasteiger partial charge >= 0.3 is 18.4 Å². The predicted octanol–water partition coefficient (Wildman–Crippen LogP) is 7.55. The average molecular weight is 585 g/mol. The number of hydrogen-bond acceptors (Lipinski definition) is 3. The maximum atomic E-state index is 13.3. The highest BCUT2D eigenvalue weighted by atomic mass is 35.5. The fourth-order valence-electron chi connectivity index (χ4n) is 4.04. The Morgan fingerprint density at radius 2 is 1.50 bits per heavy atom. The number of rotatable bonds is 3. The maximum absolute atomic E-state index is 13.3. The monoisotopic (exact) mass is 584 g/mol. The standard InChI is InChI=1S/C25H24Cl2F6N2O3/c1-23(2,3)38-22(37)35-7-6-20(17(12-35)13-4-5-18(26)19(27)10-13)34-21(36)14-8-15(24(28,29)30)11-16(9-14)25(31,32)33/h4-5,8-11,17,20H,6-7,12H2,1-3H3,(H,34,36)/t17-,20+/m0/s1. The SMILES string of the molecule is CC(C)(C)OC(=O)N1CC[C@@H](NC(=O)c2cc(C(F)(F)F)cc(C(F)(F)F)c2)[C@H](c2ccc(Cl)c(Cl)c2)C1. The number of nitrogens with one attached hydrogen (secondary N) is 1. The molecule has 0 saturated carbocycles. The molecule has 2 atom stereocenters. The van der Waals surface area contributed by atoms with Gasteiger partial charge in [0.25, 0.3) is 5.91 Å². The van der Waals surface area contributed by atoms with Crippen LogP contribution in [0.25, 0.3) is 0 Å². The van der Waals surface area contributed by atoms with Crippen molar-refractivity contribution in [1.29, 1.82) is 0 Å². The summed E-state index contributed by atoms with van der Waals surface area (Å²) in [4.78, 5) is 27.1. The van der Waals surface area contributed by atoms with E-state index in [-0.39, 0.29) is 35.6 Å². The first-order valence-corrected chi connectivity index (χ1v) is 12.1. The lowest BCUT2D eigenvalue weighted by Gasteiger charge is -2.39. The fraction of sp³-hybridized carbons (Fsp3) is 0.440. The lowest BCUT2D eigenvalue weighted by atomic mass is 9.85. The molecule has 2 amide bonds. The molecule has 0 unspecified atom stereocenters. The summed E-state index contributed by atoms with van der Waals surface area (Å²) >= 11 is 12.2. The number of benzene rings is 2. The average Bonchev–Trinajstić information content (AvgIpc) is 2.78. The normalized spacial score (nSPS) is 18.8. The highest BCUT2D eigenvalue weighted by molar-refractivity contribution is 6.42. The van der Waals surface area contributed by atoms with Crippen LogP contribution in [-0.4, -0.2) is 41.6 Å². The van der Waals surface area contributed by atoms with E-state index in [1.54, 1.807) is 26.8 Å². The summed E-state index contributed by atoms with van der Waals surface area (Å²) in [5.74, 6) is -1.75. The number of nitrogens with zero attached hydrogens (tertiary/aromatic N) is 1. The molecule has 1 aliphatic heterocycles. The summed E-state index contributed by atoms with van der Waals surface area (Å²) in [6.07, 6.45) is -10.7. The molecule has 0 spiro atoms. The smallest absolute Gasteiger partial charge is 0.416 e. The van der Waals surface area contributed by atoms with E-state index >= 15 is 0 Å². The first-order chi connectivity index (χ1) is 17.3. The topological polar surface area (TPSA) is 58.6 Å². The van der Waals surface area contributed by atoms with Gasteiger partial charge in [-0.3, -0.25) is 4.79 Å². The van der Waals surface area contributed by atoms with Gasteiger partial charge in [-0.2, -0.15) is 26.3 Å². The molecular formula is C25H24Cl2F6N2O3. The zero-order valence-electron chi connectivity index (χ0n) is 20.4. The molecule has 0 aliphatic carbocycles. The number of hydrogen-bond donors (Lipinski definition) is 1. The first kappa shape index (κ1) is 29.9. The molecule has 38 heavy (non-hydrogen) atoms. The Balaban J connectivity index is 1.94. The summed E-state index contributed by atoms with van der Waals surface area (Å²) in [6, 6.07) is 4.58. The summed E-state index contributed by atoms with van der Waals surface area (Å²) in [5.41, 5.74) is -4.22. The van der Waals surface area contributed by atoms with Gasteiger partial charge in [0.2, 0.25) is 0 Å². The highest BCUT2D eigenvalue weighted by Crippen LogP contribution is 2.37. The summed E-state index contributed by atoms with van der Waals surface area (Å²) in [5, 5.41) is 2.99. The van der Waals surface area contributed by atoms with Crippen molar-refractivity contribution in [3.05, 3.63) is 68.7 Å². The summed E-state index contributed by atoms with van der Waals surface area (Å²) in [6.45, 7) is 5.23. The number of amides is 2. The molecule has 208 valence electrons. The van der Waals surface area contributed by atoms with Gasteiger partial charge in [0, 0.05) is 30.6 Å². The molecular weight excluding hydrogens is 561 g/mol. The zero-order chi connectivity index (χ0) is 28.6. The third-order valence-electron chi connectivity index (χ3n) is 5.80. The number of carbonyl (C=O) groups is 2. The van der Waals surface area contributed by atoms with Gasteiger partial charge in [0.05, 0.1) is 21.2 Å². The molecule has 1 aliphatic rings. The van der Waals surface area contributed by atoms with E-state index in [2.05, 4.69) is 5.32 Å². The van der Waals surface area contributed by atoms with Crippen molar-refractivity contribution in [3.63, 3.8) is 0 Å². The number of alkyl halides is 6. The molecule has 2 aromatic rings. The van der Waals surface area contributed by atoms with E-state index in [1.165, 1.54) is 17.0 Å². The van der Waals surface area contributed by atoms with Crippen LogP contribution in [0.1, 0.15) is 60.2 Å². The molecule has 0 bridgehead atoms. The third kappa shape index (κ3) is 7.47. The maximum Gasteiger partial charge on any atom is 0.416 e. The van der Waals surface area contributed by atoms with Gasteiger partial charge in [-0.1, -0.05) is 29.3 Å². The first-order valence-electron chi connectivity index (χ1n) is 11.4. The Bertz CT molecular complexity index is 1180. The van der Waals surface area contributed by atoms with Gasteiger partial charge in [-0.25, -0.2) is 4.79 Å². The van der Waals surface area contributed by atoms with E-state index in [1.807, 2.05) is 0 Å². The van der Waals surface area contributed by atoms with Gasteiger partial charge in [-0.05, 0) is 63.1 Å². The van der Waals surface area contributed by atoms with Crippen molar-refractivity contribution >= 4 is 35.2 Å². The van der Waals surface area contributed by atoms with Gasteiger partial charge in [0.1, 0.15) is 5.60 Å². The van der Waals surface area contributed by atoms with Crippen molar-refractivity contribution in [2.45, 2.75) is 57.1 Å². The van der Waals surface area contributed by atoms with Crippen LogP contribution in [0.2, 0.25) is 10.0 Å². The number of halogens is 8. The second kappa shape index (κ2) is 10.8. The summed E-state index contributed by atoms with van der Waals surface area (Å²) < 4.78 is 85.1. The Morgan fingerprint density at radius 1 is 0.921 bits per heavy atom. The van der Waals surface area contributed by atoms with Crippen LogP contribution in [0.4, 0.5) is 31.1 Å². The Morgan fingerprint density at radius 3 is 2.00 bits per heavy atom. The van der Waals surface area contributed by atoms with E-state index in [0.717, 1.165) is 0 Å². The Kier molecular flexibility index (Phi) is 8.53. The molecule has 1 fully saturated rings. The Labute approximate surface area is 225 Å². The molecule has 2 aromatic carbocycles. The highest BCUT2D eigenvalue weighted by Gasteiger charge is 2.39. The number of piperidine rings is 1.